The van der Waals surface area contributed by atoms with Crippen LogP contribution in [0.15, 0.2) is 21.3 Å². The standard InChI is InChI=1S/C12H16Br2N2O2/c1-12(2,11(17)18)3-4-15-5-8-9(13)6-16-7-10(8)14/h6-7,15H,3-5H2,1-2H3,(H,17,18). The fourth-order valence-corrected chi connectivity index (χ4v) is 2.54. The summed E-state index contributed by atoms with van der Waals surface area (Å²) in [5, 5.41) is 12.2. The zero-order chi connectivity index (χ0) is 13.8. The molecule has 4 nitrogen and oxygen atoms in total. The molecule has 0 aliphatic heterocycles. The number of hydrogen-bond donors (Lipinski definition) is 2. The van der Waals surface area contributed by atoms with E-state index in [0.29, 0.717) is 19.5 Å². The summed E-state index contributed by atoms with van der Waals surface area (Å²) in [6.07, 6.45) is 4.06. The minimum absolute atomic E-state index is 0.586. The Hall–Kier alpha value is -0.460. The number of hydrogen-bond acceptors (Lipinski definition) is 3. The molecular formula is C12H16Br2N2O2. The SMILES string of the molecule is CC(C)(CCNCc1c(Br)cncc1Br)C(=O)O. The highest BCUT2D eigenvalue weighted by molar-refractivity contribution is 9.11. The first kappa shape index (κ1) is 15.6. The van der Waals surface area contributed by atoms with Crippen molar-refractivity contribution in [3.05, 3.63) is 26.9 Å². The average molecular weight is 380 g/mol. The van der Waals surface area contributed by atoms with E-state index in [-0.39, 0.29) is 0 Å². The summed E-state index contributed by atoms with van der Waals surface area (Å²) in [5.41, 5.74) is 0.387. The van der Waals surface area contributed by atoms with Crippen molar-refractivity contribution >= 4 is 37.8 Å². The zero-order valence-electron chi connectivity index (χ0n) is 10.3. The van der Waals surface area contributed by atoms with Gasteiger partial charge in [0, 0.05) is 27.9 Å². The zero-order valence-corrected chi connectivity index (χ0v) is 13.5. The maximum Gasteiger partial charge on any atom is 0.309 e. The third-order valence-corrected chi connectivity index (χ3v) is 4.13. The molecular weight excluding hydrogens is 364 g/mol. The number of pyridine rings is 1. The lowest BCUT2D eigenvalue weighted by molar-refractivity contribution is -0.147. The van der Waals surface area contributed by atoms with E-state index in [1.54, 1.807) is 26.2 Å². The molecule has 0 saturated heterocycles. The van der Waals surface area contributed by atoms with Gasteiger partial charge in [-0.3, -0.25) is 9.78 Å². The Morgan fingerprint density at radius 2 is 1.94 bits per heavy atom. The van der Waals surface area contributed by atoms with E-state index in [1.807, 2.05) is 0 Å². The van der Waals surface area contributed by atoms with Gasteiger partial charge in [0.25, 0.3) is 0 Å². The van der Waals surface area contributed by atoms with Crippen molar-refractivity contribution in [3.8, 4) is 0 Å². The van der Waals surface area contributed by atoms with Crippen LogP contribution in [0.1, 0.15) is 25.8 Å². The van der Waals surface area contributed by atoms with Crippen molar-refractivity contribution in [1.29, 1.82) is 0 Å². The fourth-order valence-electron chi connectivity index (χ4n) is 1.33. The predicted molar refractivity (Wildman–Crippen MR) is 77.4 cm³/mol. The molecule has 0 aliphatic rings. The van der Waals surface area contributed by atoms with Gasteiger partial charge in [-0.25, -0.2) is 0 Å². The van der Waals surface area contributed by atoms with Gasteiger partial charge in [-0.15, -0.1) is 0 Å². The molecule has 0 aromatic carbocycles. The smallest absolute Gasteiger partial charge is 0.309 e. The van der Waals surface area contributed by atoms with Crippen LogP contribution < -0.4 is 5.32 Å². The summed E-state index contributed by atoms with van der Waals surface area (Å²) in [6.45, 7) is 4.78. The molecule has 1 aromatic rings. The molecule has 100 valence electrons. The molecule has 2 N–H and O–H groups in total. The van der Waals surface area contributed by atoms with Gasteiger partial charge < -0.3 is 10.4 Å². The molecule has 0 atom stereocenters. The molecule has 0 amide bonds. The van der Waals surface area contributed by atoms with E-state index in [2.05, 4.69) is 42.2 Å². The maximum absolute atomic E-state index is 10.9. The lowest BCUT2D eigenvalue weighted by Crippen LogP contribution is -2.28. The van der Waals surface area contributed by atoms with E-state index in [9.17, 15) is 4.79 Å². The van der Waals surface area contributed by atoms with Crippen molar-refractivity contribution in [2.24, 2.45) is 5.41 Å². The van der Waals surface area contributed by atoms with Crippen molar-refractivity contribution in [2.45, 2.75) is 26.8 Å². The topological polar surface area (TPSA) is 62.2 Å². The molecule has 1 heterocycles. The van der Waals surface area contributed by atoms with E-state index >= 15 is 0 Å². The van der Waals surface area contributed by atoms with Crippen LogP contribution in [0.5, 0.6) is 0 Å². The van der Waals surface area contributed by atoms with Gasteiger partial charge in [-0.2, -0.15) is 0 Å². The molecule has 0 aliphatic carbocycles. The second-order valence-electron chi connectivity index (χ2n) is 4.70. The van der Waals surface area contributed by atoms with Gasteiger partial charge in [0.05, 0.1) is 5.41 Å². The molecule has 0 fully saturated rings. The molecule has 0 unspecified atom stereocenters. The van der Waals surface area contributed by atoms with Crippen molar-refractivity contribution < 1.29 is 9.90 Å². The number of carboxylic acid groups (broad SMARTS) is 1. The minimum atomic E-state index is -0.768. The third-order valence-electron chi connectivity index (χ3n) is 2.76. The predicted octanol–water partition coefficient (Wildman–Crippen LogP) is 3.20. The highest BCUT2D eigenvalue weighted by Crippen LogP contribution is 2.24. The van der Waals surface area contributed by atoms with Gasteiger partial charge in [0.1, 0.15) is 0 Å². The van der Waals surface area contributed by atoms with Crippen molar-refractivity contribution in [1.82, 2.24) is 10.3 Å². The summed E-state index contributed by atoms with van der Waals surface area (Å²) in [5.74, 6) is -0.768. The number of rotatable bonds is 6. The maximum atomic E-state index is 10.9. The second-order valence-corrected chi connectivity index (χ2v) is 6.41. The average Bonchev–Trinajstić information content (AvgIpc) is 2.27. The van der Waals surface area contributed by atoms with Crippen LogP contribution in [-0.2, 0) is 11.3 Å². The number of aliphatic carboxylic acids is 1. The van der Waals surface area contributed by atoms with Crippen LogP contribution in [0.25, 0.3) is 0 Å². The number of nitrogens with one attached hydrogen (secondary N) is 1. The second kappa shape index (κ2) is 6.63. The molecule has 0 saturated carbocycles. The van der Waals surface area contributed by atoms with E-state index < -0.39 is 11.4 Å². The van der Waals surface area contributed by atoms with Crippen molar-refractivity contribution in [2.75, 3.05) is 6.54 Å². The summed E-state index contributed by atoms with van der Waals surface area (Å²) in [6, 6.07) is 0. The fraction of sp³-hybridized carbons (Fsp3) is 0.500. The van der Waals surface area contributed by atoms with Gasteiger partial charge in [-0.1, -0.05) is 0 Å². The summed E-state index contributed by atoms with van der Waals surface area (Å²) >= 11 is 6.87. The number of carbonyl (C=O) groups is 1. The Bertz CT molecular complexity index is 416. The molecule has 1 rings (SSSR count). The normalized spacial score (nSPS) is 11.6. The van der Waals surface area contributed by atoms with Gasteiger partial charge in [0.2, 0.25) is 0 Å². The lowest BCUT2D eigenvalue weighted by atomic mass is 9.90. The molecule has 0 radical (unpaired) electrons. The molecule has 1 aromatic heterocycles. The first-order chi connectivity index (χ1) is 8.34. The third kappa shape index (κ3) is 4.33. The van der Waals surface area contributed by atoms with Crippen LogP contribution in [-0.4, -0.2) is 22.6 Å². The Morgan fingerprint density at radius 3 is 2.44 bits per heavy atom. The molecule has 18 heavy (non-hydrogen) atoms. The minimum Gasteiger partial charge on any atom is -0.481 e. The monoisotopic (exact) mass is 378 g/mol. The molecule has 0 spiro atoms. The van der Waals surface area contributed by atoms with Crippen LogP contribution in [0.4, 0.5) is 0 Å². The van der Waals surface area contributed by atoms with E-state index in [1.165, 1.54) is 0 Å². The Morgan fingerprint density at radius 1 is 1.39 bits per heavy atom. The number of carboxylic acids is 1. The highest BCUT2D eigenvalue weighted by atomic mass is 79.9. The van der Waals surface area contributed by atoms with Crippen LogP contribution in [0, 0.1) is 5.41 Å². The first-order valence-corrected chi connectivity index (χ1v) is 7.15. The van der Waals surface area contributed by atoms with Gasteiger partial charge in [0.15, 0.2) is 0 Å². The lowest BCUT2D eigenvalue weighted by Gasteiger charge is -2.19. The molecule has 0 bridgehead atoms. The molecule has 6 heteroatoms. The summed E-state index contributed by atoms with van der Waals surface area (Å²) in [7, 11) is 0. The van der Waals surface area contributed by atoms with Gasteiger partial charge in [-0.05, 0) is 64.2 Å². The van der Waals surface area contributed by atoms with Crippen molar-refractivity contribution in [3.63, 3.8) is 0 Å². The summed E-state index contributed by atoms with van der Waals surface area (Å²) < 4.78 is 1.86. The Labute approximate surface area is 123 Å². The number of aromatic nitrogens is 1. The van der Waals surface area contributed by atoms with Gasteiger partial charge >= 0.3 is 5.97 Å². The number of halogens is 2. The first-order valence-electron chi connectivity index (χ1n) is 5.56. The van der Waals surface area contributed by atoms with E-state index in [0.717, 1.165) is 14.5 Å². The largest absolute Gasteiger partial charge is 0.481 e. The van der Waals surface area contributed by atoms with E-state index in [4.69, 9.17) is 5.11 Å². The number of nitrogens with zero attached hydrogens (tertiary/aromatic N) is 1. The summed E-state index contributed by atoms with van der Waals surface area (Å²) in [4.78, 5) is 15.0. The quantitative estimate of drug-likeness (QED) is 0.745. The Kier molecular flexibility index (Phi) is 5.75. The van der Waals surface area contributed by atoms with Crippen LogP contribution >= 0.6 is 31.9 Å². The van der Waals surface area contributed by atoms with Crippen LogP contribution in [0.2, 0.25) is 0 Å². The van der Waals surface area contributed by atoms with Crippen LogP contribution in [0.3, 0.4) is 0 Å². The Balaban J connectivity index is 2.46. The highest BCUT2D eigenvalue weighted by Gasteiger charge is 2.26.